The molecule has 0 bridgehead atoms. The molecule has 18 heavy (non-hydrogen) atoms. The molecule has 0 aromatic heterocycles. The Hall–Kier alpha value is -1.14. The lowest BCUT2D eigenvalue weighted by atomic mass is 10.1. The number of nitrogens with zero attached hydrogens (tertiary/aromatic N) is 2. The highest BCUT2D eigenvalue weighted by molar-refractivity contribution is 9.10. The van der Waals surface area contributed by atoms with Crippen LogP contribution in [0.4, 0.5) is 4.39 Å². The third-order valence-corrected chi connectivity index (χ3v) is 3.45. The number of aliphatic imine (C=N–C) groups is 1. The van der Waals surface area contributed by atoms with Gasteiger partial charge in [0.05, 0.1) is 19.2 Å². The number of methoxy groups -OCH3 is 1. The van der Waals surface area contributed by atoms with Gasteiger partial charge in [0.25, 0.3) is 0 Å². The lowest BCUT2D eigenvalue weighted by Crippen LogP contribution is -2.38. The van der Waals surface area contributed by atoms with Gasteiger partial charge in [-0.2, -0.15) is 0 Å². The highest BCUT2D eigenvalue weighted by Crippen LogP contribution is 2.28. The quantitative estimate of drug-likeness (QED) is 0.923. The van der Waals surface area contributed by atoms with Gasteiger partial charge in [0.15, 0.2) is 5.96 Å². The zero-order valence-electron chi connectivity index (χ0n) is 10.1. The maximum Gasteiger partial charge on any atom is 0.192 e. The average Bonchev–Trinajstić information content (AvgIpc) is 2.68. The van der Waals surface area contributed by atoms with Gasteiger partial charge in [-0.05, 0) is 12.1 Å². The SMILES string of the molecule is COCCN1C(N)=NCC1c1ccc(Br)cc1F. The van der Waals surface area contributed by atoms with Gasteiger partial charge in [-0.25, -0.2) is 4.39 Å². The average molecular weight is 316 g/mol. The maximum absolute atomic E-state index is 13.9. The van der Waals surface area contributed by atoms with Gasteiger partial charge in [0.2, 0.25) is 0 Å². The van der Waals surface area contributed by atoms with E-state index in [9.17, 15) is 4.39 Å². The van der Waals surface area contributed by atoms with E-state index >= 15 is 0 Å². The molecule has 0 spiro atoms. The van der Waals surface area contributed by atoms with Crippen LogP contribution in [0.25, 0.3) is 0 Å². The summed E-state index contributed by atoms with van der Waals surface area (Å²) in [5.74, 6) is 0.195. The fourth-order valence-corrected chi connectivity index (χ4v) is 2.36. The van der Waals surface area contributed by atoms with E-state index in [4.69, 9.17) is 10.5 Å². The Bertz CT molecular complexity index is 467. The van der Waals surface area contributed by atoms with Crippen molar-refractivity contribution in [1.29, 1.82) is 0 Å². The molecule has 1 unspecified atom stereocenters. The summed E-state index contributed by atoms with van der Waals surface area (Å²) < 4.78 is 19.7. The number of halogens is 2. The van der Waals surface area contributed by atoms with Crippen LogP contribution in [-0.4, -0.2) is 37.7 Å². The fraction of sp³-hybridized carbons (Fsp3) is 0.417. The van der Waals surface area contributed by atoms with Crippen molar-refractivity contribution in [2.75, 3.05) is 26.8 Å². The Balaban J connectivity index is 2.21. The zero-order chi connectivity index (χ0) is 13.1. The molecule has 1 atom stereocenters. The van der Waals surface area contributed by atoms with Crippen LogP contribution >= 0.6 is 15.9 Å². The minimum absolute atomic E-state index is 0.145. The van der Waals surface area contributed by atoms with Crippen LogP contribution in [-0.2, 0) is 4.74 Å². The number of nitrogens with two attached hydrogens (primary N) is 1. The molecule has 2 rings (SSSR count). The molecule has 2 N–H and O–H groups in total. The number of hydrogen-bond donors (Lipinski definition) is 1. The summed E-state index contributed by atoms with van der Waals surface area (Å²) in [4.78, 5) is 6.05. The number of hydrogen-bond acceptors (Lipinski definition) is 4. The standard InChI is InChI=1S/C12H15BrFN3O/c1-18-5-4-17-11(7-16-12(17)15)9-3-2-8(13)6-10(9)14/h2-3,6,11H,4-5,7H2,1H3,(H2,15,16). The maximum atomic E-state index is 13.9. The van der Waals surface area contributed by atoms with Gasteiger partial charge in [0.1, 0.15) is 5.82 Å². The molecule has 6 heteroatoms. The third kappa shape index (κ3) is 2.64. The first kappa shape index (κ1) is 13.3. The Kier molecular flexibility index (Phi) is 4.19. The highest BCUT2D eigenvalue weighted by atomic mass is 79.9. The molecule has 0 amide bonds. The van der Waals surface area contributed by atoms with E-state index < -0.39 is 0 Å². The predicted molar refractivity (Wildman–Crippen MR) is 71.9 cm³/mol. The molecule has 0 saturated carbocycles. The summed E-state index contributed by atoms with van der Waals surface area (Å²) in [5.41, 5.74) is 6.43. The molecule has 1 aliphatic heterocycles. The molecular formula is C12H15BrFN3O. The second-order valence-corrected chi connectivity index (χ2v) is 4.98. The number of rotatable bonds is 4. The van der Waals surface area contributed by atoms with Crippen LogP contribution < -0.4 is 5.73 Å². The molecule has 1 aliphatic rings. The first-order chi connectivity index (χ1) is 8.63. The molecule has 4 nitrogen and oxygen atoms in total. The van der Waals surface area contributed by atoms with Gasteiger partial charge in [-0.15, -0.1) is 0 Å². The van der Waals surface area contributed by atoms with Gasteiger partial charge >= 0.3 is 0 Å². The molecule has 98 valence electrons. The molecular weight excluding hydrogens is 301 g/mol. The van der Waals surface area contributed by atoms with Gasteiger partial charge in [-0.1, -0.05) is 22.0 Å². The molecule has 1 aromatic rings. The topological polar surface area (TPSA) is 50.9 Å². The summed E-state index contributed by atoms with van der Waals surface area (Å²) >= 11 is 3.25. The van der Waals surface area contributed by atoms with Crippen molar-refractivity contribution < 1.29 is 9.13 Å². The van der Waals surface area contributed by atoms with Gasteiger partial charge in [0, 0.05) is 23.7 Å². The van der Waals surface area contributed by atoms with Crippen molar-refractivity contribution in [1.82, 2.24) is 4.90 Å². The molecule has 1 heterocycles. The number of guanidine groups is 1. The first-order valence-electron chi connectivity index (χ1n) is 5.64. The third-order valence-electron chi connectivity index (χ3n) is 2.95. The molecule has 1 aromatic carbocycles. The number of benzene rings is 1. The van der Waals surface area contributed by atoms with Crippen LogP contribution in [0.1, 0.15) is 11.6 Å². The summed E-state index contributed by atoms with van der Waals surface area (Å²) in [6.45, 7) is 1.62. The summed E-state index contributed by atoms with van der Waals surface area (Å²) in [7, 11) is 1.62. The van der Waals surface area contributed by atoms with Crippen molar-refractivity contribution in [2.24, 2.45) is 10.7 Å². The van der Waals surface area contributed by atoms with E-state index in [0.29, 0.717) is 31.2 Å². The smallest absolute Gasteiger partial charge is 0.192 e. The summed E-state index contributed by atoms with van der Waals surface area (Å²) in [6.07, 6.45) is 0. The fourth-order valence-electron chi connectivity index (χ4n) is 2.03. The normalized spacial score (nSPS) is 19.2. The van der Waals surface area contributed by atoms with Crippen LogP contribution in [0, 0.1) is 5.82 Å². The lowest BCUT2D eigenvalue weighted by Gasteiger charge is -2.26. The van der Waals surface area contributed by atoms with Crippen molar-refractivity contribution in [2.45, 2.75) is 6.04 Å². The first-order valence-corrected chi connectivity index (χ1v) is 6.43. The number of ether oxygens (including phenoxy) is 1. The Morgan fingerprint density at radius 2 is 2.39 bits per heavy atom. The van der Waals surface area contributed by atoms with Crippen molar-refractivity contribution in [3.63, 3.8) is 0 Å². The minimum Gasteiger partial charge on any atom is -0.383 e. The van der Waals surface area contributed by atoms with Gasteiger partial charge in [-0.3, -0.25) is 4.99 Å². The predicted octanol–water partition coefficient (Wildman–Crippen LogP) is 1.91. The van der Waals surface area contributed by atoms with E-state index in [1.165, 1.54) is 6.07 Å². The van der Waals surface area contributed by atoms with Crippen LogP contribution in [0.3, 0.4) is 0 Å². The second-order valence-electron chi connectivity index (χ2n) is 4.07. The Morgan fingerprint density at radius 1 is 1.61 bits per heavy atom. The van der Waals surface area contributed by atoms with Crippen molar-refractivity contribution in [3.8, 4) is 0 Å². The van der Waals surface area contributed by atoms with E-state index in [1.807, 2.05) is 11.0 Å². The lowest BCUT2D eigenvalue weighted by molar-refractivity contribution is 0.166. The molecule has 0 aliphatic carbocycles. The van der Waals surface area contributed by atoms with Gasteiger partial charge < -0.3 is 15.4 Å². The minimum atomic E-state index is -0.248. The summed E-state index contributed by atoms with van der Waals surface area (Å²) in [5, 5.41) is 0. The molecule has 0 radical (unpaired) electrons. The van der Waals surface area contributed by atoms with Crippen LogP contribution in [0.2, 0.25) is 0 Å². The largest absolute Gasteiger partial charge is 0.383 e. The van der Waals surface area contributed by atoms with Crippen molar-refractivity contribution >= 4 is 21.9 Å². The highest BCUT2D eigenvalue weighted by Gasteiger charge is 2.29. The van der Waals surface area contributed by atoms with Crippen LogP contribution in [0.5, 0.6) is 0 Å². The van der Waals surface area contributed by atoms with E-state index in [-0.39, 0.29) is 11.9 Å². The van der Waals surface area contributed by atoms with E-state index in [2.05, 4.69) is 20.9 Å². The van der Waals surface area contributed by atoms with E-state index in [1.54, 1.807) is 13.2 Å². The zero-order valence-corrected chi connectivity index (χ0v) is 11.7. The monoisotopic (exact) mass is 315 g/mol. The summed E-state index contributed by atoms with van der Waals surface area (Å²) in [6, 6.07) is 4.89. The second kappa shape index (κ2) is 5.67. The molecule has 0 saturated heterocycles. The Morgan fingerprint density at radius 3 is 3.06 bits per heavy atom. The Labute approximate surface area is 114 Å². The van der Waals surface area contributed by atoms with Crippen molar-refractivity contribution in [3.05, 3.63) is 34.1 Å². The van der Waals surface area contributed by atoms with E-state index in [0.717, 1.165) is 4.47 Å². The van der Waals surface area contributed by atoms with Crippen LogP contribution in [0.15, 0.2) is 27.7 Å². The molecule has 0 fully saturated rings.